The molecule has 1 aromatic carbocycles. The van der Waals surface area contributed by atoms with Crippen molar-refractivity contribution < 1.29 is 38.4 Å². The van der Waals surface area contributed by atoms with Gasteiger partial charge in [-0.1, -0.05) is 6.07 Å². The van der Waals surface area contributed by atoms with Gasteiger partial charge in [-0.15, -0.1) is 23.2 Å². The summed E-state index contributed by atoms with van der Waals surface area (Å²) in [5.41, 5.74) is -0.902. The van der Waals surface area contributed by atoms with Crippen LogP contribution in [0.2, 0.25) is 0 Å². The summed E-state index contributed by atoms with van der Waals surface area (Å²) >= 11 is 11.3. The van der Waals surface area contributed by atoms with Crippen molar-refractivity contribution in [3.8, 4) is 11.5 Å². The van der Waals surface area contributed by atoms with Crippen molar-refractivity contribution in [3.63, 3.8) is 0 Å². The highest BCUT2D eigenvalue weighted by atomic mass is 35.5. The number of Topliss-reactive ketones (excluding diaryl/α,β-unsaturated/α-hetero) is 1. The number of aliphatic hydroxyl groups is 1. The third kappa shape index (κ3) is 3.65. The summed E-state index contributed by atoms with van der Waals surface area (Å²) in [6.07, 6.45) is -0.312. The van der Waals surface area contributed by atoms with Crippen LogP contribution in [0.15, 0.2) is 12.1 Å². The number of amides is 1. The van der Waals surface area contributed by atoms with E-state index in [0.29, 0.717) is 49.6 Å². The van der Waals surface area contributed by atoms with Crippen LogP contribution in [0.4, 0.5) is 9.59 Å². The number of rotatable bonds is 7. The van der Waals surface area contributed by atoms with Crippen LogP contribution in [0.25, 0.3) is 0 Å². The van der Waals surface area contributed by atoms with E-state index in [1.807, 2.05) is 0 Å². The Labute approximate surface area is 212 Å². The molecular weight excluding hydrogens is 501 g/mol. The largest absolute Gasteiger partial charge is 0.513 e. The van der Waals surface area contributed by atoms with E-state index in [1.54, 1.807) is 17.0 Å². The molecule has 9 nitrogen and oxygen atoms in total. The second kappa shape index (κ2) is 9.33. The number of piperidine rings is 1. The summed E-state index contributed by atoms with van der Waals surface area (Å²) in [6.45, 7) is 0.610. The van der Waals surface area contributed by atoms with Gasteiger partial charge in [0.05, 0.1) is 30.3 Å². The minimum Gasteiger partial charge on any atom is -0.477 e. The molecule has 0 aromatic heterocycles. The predicted molar refractivity (Wildman–Crippen MR) is 125 cm³/mol. The number of ether oxygens (including phenoxy) is 4. The maximum absolute atomic E-state index is 13.1. The molecule has 1 amide bonds. The minimum atomic E-state index is -1.40. The first-order valence-corrected chi connectivity index (χ1v) is 12.9. The molecule has 1 spiro atoms. The molecule has 190 valence electrons. The van der Waals surface area contributed by atoms with Gasteiger partial charge in [0.1, 0.15) is 0 Å². The summed E-state index contributed by atoms with van der Waals surface area (Å²) in [4.78, 5) is 39.8. The molecule has 2 aliphatic carbocycles. The average Bonchev–Trinajstić information content (AvgIpc) is 3.19. The molecule has 0 radical (unpaired) electrons. The Morgan fingerprint density at radius 2 is 1.89 bits per heavy atom. The van der Waals surface area contributed by atoms with Gasteiger partial charge in [0.2, 0.25) is 0 Å². The topological polar surface area (TPSA) is 112 Å². The Kier molecular flexibility index (Phi) is 6.52. The van der Waals surface area contributed by atoms with Crippen LogP contribution in [0.3, 0.4) is 0 Å². The van der Waals surface area contributed by atoms with Crippen molar-refractivity contribution >= 4 is 41.2 Å². The highest BCUT2D eigenvalue weighted by Crippen LogP contribution is 2.64. The number of benzene rings is 1. The summed E-state index contributed by atoms with van der Waals surface area (Å²) in [7, 11) is 0. The van der Waals surface area contributed by atoms with Crippen molar-refractivity contribution in [2.45, 2.75) is 61.7 Å². The number of carbonyl (C=O) groups is 3. The fourth-order valence-corrected chi connectivity index (χ4v) is 6.46. The van der Waals surface area contributed by atoms with Crippen molar-refractivity contribution in [3.05, 3.63) is 23.3 Å². The lowest BCUT2D eigenvalue weighted by atomic mass is 9.49. The van der Waals surface area contributed by atoms with Gasteiger partial charge < -0.3 is 29.0 Å². The van der Waals surface area contributed by atoms with Crippen molar-refractivity contribution in [1.82, 2.24) is 4.90 Å². The summed E-state index contributed by atoms with van der Waals surface area (Å²) in [5, 5.41) is 12.2. The summed E-state index contributed by atoms with van der Waals surface area (Å²) < 4.78 is 22.0. The number of alkyl halides is 2. The lowest BCUT2D eigenvalue weighted by Gasteiger charge is -2.61. The monoisotopic (exact) mass is 527 g/mol. The number of hydrogen-bond donors (Lipinski definition) is 1. The Hall–Kier alpha value is -2.23. The third-order valence-electron chi connectivity index (χ3n) is 7.67. The van der Waals surface area contributed by atoms with Crippen LogP contribution in [-0.2, 0) is 26.1 Å². The maximum Gasteiger partial charge on any atom is 0.513 e. The molecule has 5 rings (SSSR count). The van der Waals surface area contributed by atoms with E-state index in [2.05, 4.69) is 0 Å². The van der Waals surface area contributed by atoms with Crippen LogP contribution in [0, 0.1) is 0 Å². The van der Waals surface area contributed by atoms with Gasteiger partial charge >= 0.3 is 12.2 Å². The first-order valence-electron chi connectivity index (χ1n) is 11.9. The number of halogens is 2. The molecule has 4 aliphatic rings. The van der Waals surface area contributed by atoms with E-state index >= 15 is 0 Å². The number of likely N-dealkylation sites (tertiary alicyclic amines) is 1. The zero-order valence-corrected chi connectivity index (χ0v) is 20.6. The number of carbonyl (C=O) groups excluding carboxylic acids is 3. The fraction of sp³-hybridized carbons (Fsp3) is 0.625. The standard InChI is InChI=1S/C24H27Cl2NO8/c25-8-1-11-32-21(29)27-10-7-23-18-14-3-4-16(34-22(30)33-12-2-9-26)19(18)35-20(23)15(28)5-6-24(23,31)17(27)13-14/h3-4,17,20,31H,1-2,5-13H2. The lowest BCUT2D eigenvalue weighted by Crippen LogP contribution is -2.77. The first kappa shape index (κ1) is 24.5. The number of nitrogens with zero attached hydrogens (tertiary/aromatic N) is 1. The van der Waals surface area contributed by atoms with E-state index in [-0.39, 0.29) is 43.3 Å². The van der Waals surface area contributed by atoms with E-state index in [4.69, 9.17) is 42.1 Å². The van der Waals surface area contributed by atoms with E-state index in [0.717, 1.165) is 5.56 Å². The highest BCUT2D eigenvalue weighted by molar-refractivity contribution is 6.18. The minimum absolute atomic E-state index is 0.118. The Bertz CT molecular complexity index is 1050. The predicted octanol–water partition coefficient (Wildman–Crippen LogP) is 3.32. The van der Waals surface area contributed by atoms with Crippen LogP contribution < -0.4 is 9.47 Å². The Morgan fingerprint density at radius 1 is 1.14 bits per heavy atom. The lowest BCUT2D eigenvalue weighted by molar-refractivity contribution is -0.183. The molecule has 1 N–H and O–H groups in total. The highest BCUT2D eigenvalue weighted by Gasteiger charge is 2.73. The van der Waals surface area contributed by atoms with Crippen molar-refractivity contribution in [1.29, 1.82) is 0 Å². The number of ketones is 1. The molecule has 2 fully saturated rings. The molecule has 2 aliphatic heterocycles. The molecule has 35 heavy (non-hydrogen) atoms. The van der Waals surface area contributed by atoms with E-state index < -0.39 is 35.4 Å². The van der Waals surface area contributed by atoms with Gasteiger partial charge in [-0.2, -0.15) is 0 Å². The molecule has 1 saturated carbocycles. The van der Waals surface area contributed by atoms with Crippen LogP contribution in [0.1, 0.15) is 43.2 Å². The van der Waals surface area contributed by atoms with E-state index in [9.17, 15) is 19.5 Å². The Morgan fingerprint density at radius 3 is 2.63 bits per heavy atom. The second-order valence-electron chi connectivity index (χ2n) is 9.35. The molecule has 1 saturated heterocycles. The van der Waals surface area contributed by atoms with Crippen molar-refractivity contribution in [2.75, 3.05) is 31.5 Å². The van der Waals surface area contributed by atoms with Crippen LogP contribution in [-0.4, -0.2) is 77.3 Å². The van der Waals surface area contributed by atoms with Crippen molar-refractivity contribution in [2.24, 2.45) is 0 Å². The summed E-state index contributed by atoms with van der Waals surface area (Å²) in [5.74, 6) is 1.04. The number of hydrogen-bond acceptors (Lipinski definition) is 8. The van der Waals surface area contributed by atoms with Crippen LogP contribution in [0.5, 0.6) is 11.5 Å². The van der Waals surface area contributed by atoms with Gasteiger partial charge in [0.15, 0.2) is 23.4 Å². The van der Waals surface area contributed by atoms with Gasteiger partial charge in [0.25, 0.3) is 0 Å². The fourth-order valence-electron chi connectivity index (χ4n) is 6.24. The molecular formula is C24H27Cl2NO8. The van der Waals surface area contributed by atoms with Gasteiger partial charge in [-0.05, 0) is 43.7 Å². The van der Waals surface area contributed by atoms with Gasteiger partial charge in [-0.3, -0.25) is 4.79 Å². The molecule has 11 heteroatoms. The van der Waals surface area contributed by atoms with Gasteiger partial charge in [-0.25, -0.2) is 9.59 Å². The summed E-state index contributed by atoms with van der Waals surface area (Å²) in [6, 6.07) is 2.81. The quantitative estimate of drug-likeness (QED) is 0.248. The zero-order chi connectivity index (χ0) is 24.8. The average molecular weight is 528 g/mol. The van der Waals surface area contributed by atoms with Crippen LogP contribution >= 0.6 is 23.2 Å². The second-order valence-corrected chi connectivity index (χ2v) is 10.1. The molecule has 4 unspecified atom stereocenters. The molecule has 4 atom stereocenters. The first-order chi connectivity index (χ1) is 16.9. The third-order valence-corrected chi connectivity index (χ3v) is 8.21. The Balaban J connectivity index is 1.51. The van der Waals surface area contributed by atoms with E-state index in [1.165, 1.54) is 0 Å². The maximum atomic E-state index is 13.1. The smallest absolute Gasteiger partial charge is 0.477 e. The van der Waals surface area contributed by atoms with Gasteiger partial charge in [0, 0.05) is 30.3 Å². The molecule has 2 heterocycles. The normalized spacial score (nSPS) is 29.8. The molecule has 1 aromatic rings. The zero-order valence-electron chi connectivity index (χ0n) is 19.1. The SMILES string of the molecule is O=C(OCCCCl)Oc1ccc2c3c1OC1C(=O)CCC4(O)C(C2)N(C(=O)OCCCCl)CCC314. The molecule has 2 bridgehead atoms.